The van der Waals surface area contributed by atoms with Crippen molar-refractivity contribution in [1.82, 2.24) is 0 Å². The van der Waals surface area contributed by atoms with Crippen molar-refractivity contribution in [1.29, 1.82) is 0 Å². The summed E-state index contributed by atoms with van der Waals surface area (Å²) in [6.07, 6.45) is -5.73. The minimum Gasteiger partial charge on any atom is -0.497 e. The molecule has 1 unspecified atom stereocenters. The first-order chi connectivity index (χ1) is 17.5. The maximum atomic E-state index is 12.7. The molecule has 12 nitrogen and oxygen atoms in total. The summed E-state index contributed by atoms with van der Waals surface area (Å²) in [6, 6.07) is 6.94. The number of rotatable bonds is 7. The zero-order valence-corrected chi connectivity index (χ0v) is 20.3. The van der Waals surface area contributed by atoms with Gasteiger partial charge in [-0.3, -0.25) is 0 Å². The lowest BCUT2D eigenvalue weighted by atomic mass is 9.81. The fraction of sp³-hybridized carbons (Fsp3) is 0.560. The Labute approximate surface area is 212 Å². The largest absolute Gasteiger partial charge is 0.497 e. The van der Waals surface area contributed by atoms with Crippen molar-refractivity contribution in [3.8, 4) is 5.75 Å². The molecular formula is C25H32O12. The molecular weight excluding hydrogens is 492 g/mol. The van der Waals surface area contributed by atoms with Gasteiger partial charge in [-0.05, 0) is 36.8 Å². The predicted molar refractivity (Wildman–Crippen MR) is 124 cm³/mol. The summed E-state index contributed by atoms with van der Waals surface area (Å²) in [7, 11) is 1.54. The highest BCUT2D eigenvalue weighted by molar-refractivity contribution is 5.87. The van der Waals surface area contributed by atoms with Crippen LogP contribution in [0.15, 0.2) is 42.7 Å². The highest BCUT2D eigenvalue weighted by atomic mass is 16.8. The van der Waals surface area contributed by atoms with Crippen LogP contribution in [-0.4, -0.2) is 105 Å². The molecule has 2 fully saturated rings. The molecule has 37 heavy (non-hydrogen) atoms. The average Bonchev–Trinajstić information content (AvgIpc) is 3.08. The summed E-state index contributed by atoms with van der Waals surface area (Å²) in [4.78, 5) is 12.7. The average molecular weight is 525 g/mol. The third-order valence-electron chi connectivity index (χ3n) is 7.09. The van der Waals surface area contributed by atoms with Crippen LogP contribution in [-0.2, 0) is 23.7 Å². The van der Waals surface area contributed by atoms with Crippen molar-refractivity contribution < 1.29 is 59.1 Å². The zero-order chi connectivity index (χ0) is 27.0. The van der Waals surface area contributed by atoms with E-state index in [2.05, 4.69) is 0 Å². The molecule has 3 aliphatic rings. The van der Waals surface area contributed by atoms with E-state index in [1.165, 1.54) is 25.2 Å². The van der Waals surface area contributed by atoms with Gasteiger partial charge < -0.3 is 54.3 Å². The van der Waals surface area contributed by atoms with E-state index in [0.29, 0.717) is 11.3 Å². The molecule has 1 aromatic rings. The molecule has 0 amide bonds. The summed E-state index contributed by atoms with van der Waals surface area (Å²) in [6.45, 7) is 0.836. The van der Waals surface area contributed by atoms with Crippen LogP contribution < -0.4 is 4.74 Å². The first-order valence-corrected chi connectivity index (χ1v) is 11.8. The van der Waals surface area contributed by atoms with Gasteiger partial charge in [0.05, 0.1) is 32.0 Å². The number of aliphatic hydroxyl groups excluding tert-OH is 5. The van der Waals surface area contributed by atoms with E-state index in [4.69, 9.17) is 23.7 Å². The van der Waals surface area contributed by atoms with Crippen LogP contribution in [0, 0.1) is 5.92 Å². The second kappa shape index (κ2) is 10.7. The SMILES string of the molecule is COc1ccc(/C=C/C(=O)O[C@@]2(C)C[C@@H](O)[C@]3(O)C=COC(O[C@@H]4O[C@H](CO)[C@@H](O)[C@H](O)[C@H]4O)[C@@H]32)cc1. The van der Waals surface area contributed by atoms with Crippen LogP contribution in [0.5, 0.6) is 5.75 Å². The van der Waals surface area contributed by atoms with Crippen LogP contribution in [0.3, 0.4) is 0 Å². The minimum atomic E-state index is -1.92. The number of aliphatic hydroxyl groups is 6. The summed E-state index contributed by atoms with van der Waals surface area (Å²) in [5.74, 6) is -1.29. The number of fused-ring (bicyclic) bond motifs is 1. The summed E-state index contributed by atoms with van der Waals surface area (Å²) in [5.41, 5.74) is -2.72. The molecule has 1 saturated carbocycles. The van der Waals surface area contributed by atoms with Crippen LogP contribution in [0.1, 0.15) is 18.9 Å². The Kier molecular flexibility index (Phi) is 7.93. The first kappa shape index (κ1) is 27.5. The topological polar surface area (TPSA) is 185 Å². The molecule has 2 heterocycles. The molecule has 1 saturated heterocycles. The molecule has 4 rings (SSSR count). The maximum Gasteiger partial charge on any atom is 0.331 e. The fourth-order valence-electron chi connectivity index (χ4n) is 5.07. The van der Waals surface area contributed by atoms with Gasteiger partial charge in [0.1, 0.15) is 41.4 Å². The van der Waals surface area contributed by atoms with Crippen LogP contribution in [0.25, 0.3) is 6.08 Å². The number of methoxy groups -OCH3 is 1. The van der Waals surface area contributed by atoms with Gasteiger partial charge in [-0.15, -0.1) is 0 Å². The molecule has 204 valence electrons. The fourth-order valence-corrected chi connectivity index (χ4v) is 5.07. The minimum absolute atomic E-state index is 0.168. The lowest BCUT2D eigenvalue weighted by Gasteiger charge is -2.45. The molecule has 0 spiro atoms. The summed E-state index contributed by atoms with van der Waals surface area (Å²) >= 11 is 0. The Balaban J connectivity index is 1.53. The smallest absolute Gasteiger partial charge is 0.331 e. The number of carbonyl (C=O) groups is 1. The van der Waals surface area contributed by atoms with Crippen molar-refractivity contribution >= 4 is 12.0 Å². The number of hydrogen-bond donors (Lipinski definition) is 6. The van der Waals surface area contributed by atoms with Crippen molar-refractivity contribution in [2.45, 2.75) is 67.6 Å². The standard InChI is InChI=1S/C25H32O12/c1-24(37-17(28)8-5-13-3-6-14(33-2)7-4-13)11-16(27)25(32)9-10-34-23(21(24)25)36-22-20(31)19(30)18(29)15(12-26)35-22/h3-10,15-16,18-23,26-27,29-32H,11-12H2,1-2H3/b8-5+/t15-,16-,18-,19+,20-,21-,22+,23?,24+,25-/m1/s1. The zero-order valence-electron chi connectivity index (χ0n) is 20.3. The highest BCUT2D eigenvalue weighted by Gasteiger charge is 2.66. The van der Waals surface area contributed by atoms with E-state index in [1.807, 2.05) is 0 Å². The van der Waals surface area contributed by atoms with Crippen LogP contribution >= 0.6 is 0 Å². The number of hydrogen-bond acceptors (Lipinski definition) is 12. The molecule has 6 N–H and O–H groups in total. The van der Waals surface area contributed by atoms with Crippen molar-refractivity contribution in [2.24, 2.45) is 5.92 Å². The van der Waals surface area contributed by atoms with Gasteiger partial charge in [0.2, 0.25) is 6.29 Å². The summed E-state index contributed by atoms with van der Waals surface area (Å²) < 4.78 is 27.4. The normalized spacial score (nSPS) is 41.3. The van der Waals surface area contributed by atoms with E-state index in [1.54, 1.807) is 31.4 Å². The Bertz CT molecular complexity index is 1010. The lowest BCUT2D eigenvalue weighted by Crippen LogP contribution is -2.62. The van der Waals surface area contributed by atoms with Crippen molar-refractivity contribution in [3.05, 3.63) is 48.2 Å². The van der Waals surface area contributed by atoms with Gasteiger partial charge in [0.25, 0.3) is 0 Å². The molecule has 2 aliphatic heterocycles. The Morgan fingerprint density at radius 2 is 1.81 bits per heavy atom. The third-order valence-corrected chi connectivity index (χ3v) is 7.09. The molecule has 1 aliphatic carbocycles. The van der Waals surface area contributed by atoms with Gasteiger partial charge >= 0.3 is 5.97 Å². The summed E-state index contributed by atoms with van der Waals surface area (Å²) in [5, 5.41) is 61.9. The molecule has 0 radical (unpaired) electrons. The van der Waals surface area contributed by atoms with E-state index in [-0.39, 0.29) is 6.42 Å². The number of ether oxygens (including phenoxy) is 5. The third kappa shape index (κ3) is 5.24. The van der Waals surface area contributed by atoms with Gasteiger partial charge in [0.15, 0.2) is 6.29 Å². The van der Waals surface area contributed by atoms with E-state index >= 15 is 0 Å². The van der Waals surface area contributed by atoms with Gasteiger partial charge in [-0.2, -0.15) is 0 Å². The van der Waals surface area contributed by atoms with E-state index in [9.17, 15) is 35.4 Å². The Morgan fingerprint density at radius 1 is 1.11 bits per heavy atom. The van der Waals surface area contributed by atoms with Crippen LogP contribution in [0.2, 0.25) is 0 Å². The van der Waals surface area contributed by atoms with E-state index < -0.39 is 72.8 Å². The Morgan fingerprint density at radius 3 is 2.46 bits per heavy atom. The molecule has 0 bridgehead atoms. The number of esters is 1. The van der Waals surface area contributed by atoms with Gasteiger partial charge in [0, 0.05) is 12.5 Å². The van der Waals surface area contributed by atoms with Crippen molar-refractivity contribution in [3.63, 3.8) is 0 Å². The predicted octanol–water partition coefficient (Wildman–Crippen LogP) is -1.19. The Hall–Kier alpha value is -2.55. The number of carbonyl (C=O) groups excluding carboxylic acids is 1. The quantitative estimate of drug-likeness (QED) is 0.185. The van der Waals surface area contributed by atoms with Crippen LogP contribution in [0.4, 0.5) is 0 Å². The second-order valence-corrected chi connectivity index (χ2v) is 9.57. The van der Waals surface area contributed by atoms with Gasteiger partial charge in [-0.1, -0.05) is 12.1 Å². The highest BCUT2D eigenvalue weighted by Crippen LogP contribution is 2.51. The molecule has 12 heteroatoms. The molecule has 1 aromatic carbocycles. The van der Waals surface area contributed by atoms with Gasteiger partial charge in [-0.25, -0.2) is 4.79 Å². The monoisotopic (exact) mass is 524 g/mol. The molecule has 0 aromatic heterocycles. The number of benzene rings is 1. The lowest BCUT2D eigenvalue weighted by molar-refractivity contribution is -0.351. The first-order valence-electron chi connectivity index (χ1n) is 11.8. The molecule has 10 atom stereocenters. The van der Waals surface area contributed by atoms with Crippen molar-refractivity contribution in [2.75, 3.05) is 13.7 Å². The van der Waals surface area contributed by atoms with E-state index in [0.717, 1.165) is 6.26 Å². The second-order valence-electron chi connectivity index (χ2n) is 9.57. The maximum absolute atomic E-state index is 12.7.